The zero-order chi connectivity index (χ0) is 15.5. The van der Waals surface area contributed by atoms with Crippen LogP contribution >= 0.6 is 0 Å². The molecule has 0 aromatic heterocycles. The van der Waals surface area contributed by atoms with Crippen LogP contribution in [0.4, 0.5) is 4.79 Å². The molecule has 128 valence electrons. The molecular formula is C19H30N2O2. The second-order valence-electron chi connectivity index (χ2n) is 9.36. The molecule has 1 saturated heterocycles. The van der Waals surface area contributed by atoms with Gasteiger partial charge < -0.3 is 15.4 Å². The van der Waals surface area contributed by atoms with Gasteiger partial charge in [-0.3, -0.25) is 0 Å². The van der Waals surface area contributed by atoms with Gasteiger partial charge in [-0.1, -0.05) is 0 Å². The van der Waals surface area contributed by atoms with Crippen LogP contribution < -0.4 is 10.6 Å². The van der Waals surface area contributed by atoms with Gasteiger partial charge in [0, 0.05) is 24.8 Å². The van der Waals surface area contributed by atoms with Crippen LogP contribution in [0.25, 0.3) is 0 Å². The van der Waals surface area contributed by atoms with Gasteiger partial charge in [-0.2, -0.15) is 0 Å². The van der Waals surface area contributed by atoms with E-state index in [1.807, 2.05) is 0 Å². The zero-order valence-electron chi connectivity index (χ0n) is 14.1. The number of rotatable bonds is 2. The first-order valence-electron chi connectivity index (χ1n) is 9.81. The molecule has 5 aliphatic carbocycles. The molecule has 1 atom stereocenters. The summed E-state index contributed by atoms with van der Waals surface area (Å²) < 4.78 is 5.52. The summed E-state index contributed by atoms with van der Waals surface area (Å²) in [6.45, 7) is 1.74. The Hall–Kier alpha value is -0.770. The van der Waals surface area contributed by atoms with E-state index in [-0.39, 0.29) is 11.6 Å². The summed E-state index contributed by atoms with van der Waals surface area (Å²) in [7, 11) is 0. The van der Waals surface area contributed by atoms with Gasteiger partial charge in [0.15, 0.2) is 0 Å². The number of amides is 2. The largest absolute Gasteiger partial charge is 0.381 e. The van der Waals surface area contributed by atoms with Gasteiger partial charge >= 0.3 is 6.03 Å². The maximum atomic E-state index is 12.7. The Morgan fingerprint density at radius 1 is 0.913 bits per heavy atom. The lowest BCUT2D eigenvalue weighted by atomic mass is 9.53. The first-order valence-corrected chi connectivity index (χ1v) is 9.81. The van der Waals surface area contributed by atoms with Crippen molar-refractivity contribution in [2.24, 2.45) is 23.2 Å². The van der Waals surface area contributed by atoms with E-state index in [0.29, 0.717) is 11.5 Å². The monoisotopic (exact) mass is 318 g/mol. The van der Waals surface area contributed by atoms with E-state index in [0.717, 1.165) is 50.2 Å². The first kappa shape index (κ1) is 14.6. The molecule has 1 spiro atoms. The van der Waals surface area contributed by atoms with E-state index in [2.05, 4.69) is 10.6 Å². The summed E-state index contributed by atoms with van der Waals surface area (Å²) in [4.78, 5) is 12.7. The number of ether oxygens (including phenoxy) is 1. The lowest BCUT2D eigenvalue weighted by Gasteiger charge is -2.57. The van der Waals surface area contributed by atoms with Gasteiger partial charge in [-0.05, 0) is 87.4 Å². The molecule has 0 radical (unpaired) electrons. The summed E-state index contributed by atoms with van der Waals surface area (Å²) in [6, 6.07) is 0.489. The summed E-state index contributed by atoms with van der Waals surface area (Å²) in [5.41, 5.74) is 0.475. The molecule has 6 aliphatic rings. The van der Waals surface area contributed by atoms with Crippen molar-refractivity contribution in [3.63, 3.8) is 0 Å². The van der Waals surface area contributed by atoms with E-state index < -0.39 is 0 Å². The van der Waals surface area contributed by atoms with Crippen LogP contribution in [-0.4, -0.2) is 30.8 Å². The highest BCUT2D eigenvalue weighted by atomic mass is 16.5. The molecule has 4 bridgehead atoms. The third-order valence-corrected chi connectivity index (χ3v) is 7.88. The standard InChI is InChI=1S/C19H30N2O2/c22-17(20-16-1-2-18(16)3-5-23-6-4-18)21-19-10-13-7-14(11-19)9-15(8-13)12-19/h13-16H,1-12H2,(H2,20,21,22). The Balaban J connectivity index is 1.22. The topological polar surface area (TPSA) is 50.4 Å². The van der Waals surface area contributed by atoms with Crippen LogP contribution in [0.5, 0.6) is 0 Å². The van der Waals surface area contributed by atoms with Gasteiger partial charge in [0.2, 0.25) is 0 Å². The van der Waals surface area contributed by atoms with Crippen molar-refractivity contribution in [1.82, 2.24) is 10.6 Å². The van der Waals surface area contributed by atoms with Crippen LogP contribution in [0.15, 0.2) is 0 Å². The molecule has 0 aromatic rings. The Labute approximate surface area is 139 Å². The molecule has 4 heteroatoms. The molecular weight excluding hydrogens is 288 g/mol. The quantitative estimate of drug-likeness (QED) is 0.821. The fraction of sp³-hybridized carbons (Fsp3) is 0.947. The second-order valence-corrected chi connectivity index (χ2v) is 9.36. The summed E-state index contributed by atoms with van der Waals surface area (Å²) in [5, 5.41) is 6.81. The van der Waals surface area contributed by atoms with E-state index in [1.54, 1.807) is 0 Å². The Bertz CT molecular complexity index is 462. The van der Waals surface area contributed by atoms with E-state index in [1.165, 1.54) is 44.9 Å². The average molecular weight is 318 g/mol. The zero-order valence-corrected chi connectivity index (χ0v) is 14.1. The third-order valence-electron chi connectivity index (χ3n) is 7.88. The number of carbonyl (C=O) groups is 1. The molecule has 1 heterocycles. The molecule has 2 amide bonds. The molecule has 2 N–H and O–H groups in total. The number of hydrogen-bond donors (Lipinski definition) is 2. The summed E-state index contributed by atoms with van der Waals surface area (Å²) in [5.74, 6) is 2.64. The van der Waals surface area contributed by atoms with Gasteiger partial charge in [0.1, 0.15) is 0 Å². The van der Waals surface area contributed by atoms with Crippen molar-refractivity contribution in [3.05, 3.63) is 0 Å². The van der Waals surface area contributed by atoms with Crippen LogP contribution in [0.1, 0.15) is 64.2 Å². The fourth-order valence-electron chi connectivity index (χ4n) is 7.00. The first-order chi connectivity index (χ1) is 11.1. The predicted octanol–water partition coefficient (Wildman–Crippen LogP) is 3.21. The van der Waals surface area contributed by atoms with Crippen LogP contribution in [-0.2, 0) is 4.74 Å². The van der Waals surface area contributed by atoms with E-state index in [4.69, 9.17) is 4.74 Å². The predicted molar refractivity (Wildman–Crippen MR) is 88.1 cm³/mol. The molecule has 1 unspecified atom stereocenters. The normalized spacial score (nSPS) is 46.4. The van der Waals surface area contributed by atoms with Gasteiger partial charge in [-0.15, -0.1) is 0 Å². The minimum atomic E-state index is 0.113. The molecule has 0 aromatic carbocycles. The lowest BCUT2D eigenvalue weighted by Crippen LogP contribution is -2.65. The molecule has 4 nitrogen and oxygen atoms in total. The number of nitrogens with one attached hydrogen (secondary N) is 2. The van der Waals surface area contributed by atoms with Gasteiger partial charge in [0.05, 0.1) is 0 Å². The SMILES string of the molecule is O=C(NC1CCC12CCOCC2)NC12CC3CC(CC(C3)C1)C2. The Morgan fingerprint density at radius 3 is 2.04 bits per heavy atom. The molecule has 6 fully saturated rings. The van der Waals surface area contributed by atoms with Crippen molar-refractivity contribution in [3.8, 4) is 0 Å². The number of urea groups is 1. The maximum Gasteiger partial charge on any atom is 0.315 e. The second kappa shape index (κ2) is 5.11. The van der Waals surface area contributed by atoms with Crippen molar-refractivity contribution in [1.29, 1.82) is 0 Å². The van der Waals surface area contributed by atoms with Gasteiger partial charge in [-0.25, -0.2) is 4.79 Å². The minimum absolute atomic E-state index is 0.113. The maximum absolute atomic E-state index is 12.7. The van der Waals surface area contributed by atoms with E-state index in [9.17, 15) is 4.79 Å². The van der Waals surface area contributed by atoms with Crippen molar-refractivity contribution in [2.75, 3.05) is 13.2 Å². The highest BCUT2D eigenvalue weighted by Crippen LogP contribution is 2.55. The summed E-state index contributed by atoms with van der Waals surface area (Å²) in [6.07, 6.45) is 12.6. The Kier molecular flexibility index (Phi) is 3.24. The molecule has 23 heavy (non-hydrogen) atoms. The van der Waals surface area contributed by atoms with Crippen molar-refractivity contribution in [2.45, 2.75) is 75.8 Å². The molecule has 1 aliphatic heterocycles. The average Bonchev–Trinajstić information content (AvgIpc) is 2.51. The fourth-order valence-corrected chi connectivity index (χ4v) is 7.00. The minimum Gasteiger partial charge on any atom is -0.381 e. The highest BCUT2D eigenvalue weighted by molar-refractivity contribution is 5.75. The highest BCUT2D eigenvalue weighted by Gasteiger charge is 2.52. The summed E-state index contributed by atoms with van der Waals surface area (Å²) >= 11 is 0. The van der Waals surface area contributed by atoms with Gasteiger partial charge in [0.25, 0.3) is 0 Å². The van der Waals surface area contributed by atoms with Crippen LogP contribution in [0.2, 0.25) is 0 Å². The molecule has 6 rings (SSSR count). The van der Waals surface area contributed by atoms with E-state index >= 15 is 0 Å². The van der Waals surface area contributed by atoms with Crippen molar-refractivity contribution < 1.29 is 9.53 Å². The van der Waals surface area contributed by atoms with Crippen LogP contribution in [0, 0.1) is 23.2 Å². The van der Waals surface area contributed by atoms with Crippen molar-refractivity contribution >= 4 is 6.03 Å². The molecule has 5 saturated carbocycles. The smallest absolute Gasteiger partial charge is 0.315 e. The Morgan fingerprint density at radius 2 is 1.52 bits per heavy atom. The number of hydrogen-bond acceptors (Lipinski definition) is 2. The third kappa shape index (κ3) is 2.40. The van der Waals surface area contributed by atoms with Crippen LogP contribution in [0.3, 0.4) is 0 Å². The lowest BCUT2D eigenvalue weighted by molar-refractivity contribution is -0.0526. The number of carbonyl (C=O) groups excluding carboxylic acids is 1.